The molecule has 2 bridgehead atoms. The van der Waals surface area contributed by atoms with Gasteiger partial charge in [0.15, 0.2) is 6.29 Å². The van der Waals surface area contributed by atoms with Crippen molar-refractivity contribution in [3.63, 3.8) is 0 Å². The average Bonchev–Trinajstić information content (AvgIpc) is 2.84. The normalized spacial score (nSPS) is 34.2. The second-order valence-electron chi connectivity index (χ2n) is 4.68. The van der Waals surface area contributed by atoms with E-state index >= 15 is 0 Å². The molecule has 94 valence electrons. The number of rotatable bonds is 3. The van der Waals surface area contributed by atoms with Crippen molar-refractivity contribution in [2.45, 2.75) is 31.5 Å². The molecule has 18 heavy (non-hydrogen) atoms. The van der Waals surface area contributed by atoms with Crippen LogP contribution in [0.5, 0.6) is 0 Å². The monoisotopic (exact) mass is 245 g/mol. The van der Waals surface area contributed by atoms with E-state index in [-0.39, 0.29) is 24.4 Å². The number of hydrogen-bond acceptors (Lipinski definition) is 4. The molecule has 0 unspecified atom stereocenters. The fraction of sp³-hybridized carbons (Fsp3) is 0.500. The van der Waals surface area contributed by atoms with Crippen molar-refractivity contribution in [2.24, 2.45) is 5.92 Å². The molecule has 4 heteroatoms. The molecule has 0 spiro atoms. The number of fused-ring (bicyclic) bond motifs is 2. The Morgan fingerprint density at radius 1 is 1.33 bits per heavy atom. The predicted molar refractivity (Wildman–Crippen MR) is 63.4 cm³/mol. The first-order chi connectivity index (χ1) is 8.86. The highest BCUT2D eigenvalue weighted by molar-refractivity contribution is 5.13. The summed E-state index contributed by atoms with van der Waals surface area (Å²) in [6.07, 6.45) is 0.270. The summed E-state index contributed by atoms with van der Waals surface area (Å²) in [5, 5.41) is 9.05. The molecule has 0 aromatic heterocycles. The molecule has 2 saturated heterocycles. The molecule has 2 aliphatic heterocycles. The number of hydrogen-bond donors (Lipinski definition) is 0. The fourth-order valence-electron chi connectivity index (χ4n) is 2.43. The first-order valence-electron chi connectivity index (χ1n) is 6.19. The van der Waals surface area contributed by atoms with Crippen LogP contribution >= 0.6 is 0 Å². The van der Waals surface area contributed by atoms with Crippen LogP contribution in [0.4, 0.5) is 0 Å². The SMILES string of the molecule is N#C[C@@H]1C[C@H](OCc2ccccc2)[C@H]2CO[C@@H]1O2. The molecule has 4 atom stereocenters. The van der Waals surface area contributed by atoms with Crippen molar-refractivity contribution in [1.82, 2.24) is 0 Å². The Hall–Kier alpha value is -1.41. The Morgan fingerprint density at radius 3 is 2.94 bits per heavy atom. The van der Waals surface area contributed by atoms with Gasteiger partial charge in [-0.05, 0) is 12.0 Å². The van der Waals surface area contributed by atoms with Crippen molar-refractivity contribution in [2.75, 3.05) is 6.61 Å². The highest BCUT2D eigenvalue weighted by atomic mass is 16.7. The smallest absolute Gasteiger partial charge is 0.174 e. The molecule has 0 aliphatic carbocycles. The zero-order chi connectivity index (χ0) is 12.4. The Balaban J connectivity index is 1.61. The van der Waals surface area contributed by atoms with Gasteiger partial charge in [-0.2, -0.15) is 5.26 Å². The highest BCUT2D eigenvalue weighted by Gasteiger charge is 2.44. The molecule has 2 fully saturated rings. The standard InChI is InChI=1S/C14H15NO3/c15-7-11-6-12(13-9-17-14(11)18-13)16-8-10-4-2-1-3-5-10/h1-5,11-14H,6,8-9H2/t11-,12-,13+,14+/m0/s1. The van der Waals surface area contributed by atoms with E-state index in [2.05, 4.69) is 6.07 Å². The lowest BCUT2D eigenvalue weighted by atomic mass is 9.97. The van der Waals surface area contributed by atoms with Crippen LogP contribution in [0.15, 0.2) is 30.3 Å². The van der Waals surface area contributed by atoms with Crippen molar-refractivity contribution >= 4 is 0 Å². The van der Waals surface area contributed by atoms with E-state index in [0.717, 1.165) is 5.56 Å². The van der Waals surface area contributed by atoms with Gasteiger partial charge in [-0.1, -0.05) is 30.3 Å². The minimum atomic E-state index is -0.350. The molecule has 4 nitrogen and oxygen atoms in total. The zero-order valence-electron chi connectivity index (χ0n) is 9.99. The molecule has 3 rings (SSSR count). The van der Waals surface area contributed by atoms with Crippen LogP contribution in [0, 0.1) is 17.2 Å². The third kappa shape index (κ3) is 2.25. The number of benzene rings is 1. The van der Waals surface area contributed by atoms with Crippen LogP contribution < -0.4 is 0 Å². The minimum absolute atomic E-state index is 0.0247. The van der Waals surface area contributed by atoms with Gasteiger partial charge in [-0.25, -0.2) is 0 Å². The molecular weight excluding hydrogens is 230 g/mol. The summed E-state index contributed by atoms with van der Waals surface area (Å²) >= 11 is 0. The van der Waals surface area contributed by atoms with Crippen molar-refractivity contribution in [3.8, 4) is 6.07 Å². The van der Waals surface area contributed by atoms with Gasteiger partial charge >= 0.3 is 0 Å². The number of nitrogens with zero attached hydrogens (tertiary/aromatic N) is 1. The summed E-state index contributed by atoms with van der Waals surface area (Å²) in [5.41, 5.74) is 1.13. The van der Waals surface area contributed by atoms with E-state index < -0.39 is 0 Å². The minimum Gasteiger partial charge on any atom is -0.371 e. The second-order valence-corrected chi connectivity index (χ2v) is 4.68. The third-order valence-corrected chi connectivity index (χ3v) is 3.44. The Bertz CT molecular complexity index is 442. The van der Waals surface area contributed by atoms with Gasteiger partial charge in [-0.3, -0.25) is 0 Å². The van der Waals surface area contributed by atoms with E-state index in [1.165, 1.54) is 0 Å². The highest BCUT2D eigenvalue weighted by Crippen LogP contribution is 2.33. The van der Waals surface area contributed by atoms with Crippen molar-refractivity contribution < 1.29 is 14.2 Å². The number of ether oxygens (including phenoxy) is 3. The van der Waals surface area contributed by atoms with Crippen LogP contribution in [-0.4, -0.2) is 25.1 Å². The summed E-state index contributed by atoms with van der Waals surface area (Å²) in [4.78, 5) is 0. The summed E-state index contributed by atoms with van der Waals surface area (Å²) in [7, 11) is 0. The fourth-order valence-corrected chi connectivity index (χ4v) is 2.43. The lowest BCUT2D eigenvalue weighted by molar-refractivity contribution is -0.157. The summed E-state index contributed by atoms with van der Waals surface area (Å²) in [5.74, 6) is -0.218. The van der Waals surface area contributed by atoms with Gasteiger partial charge in [0, 0.05) is 0 Å². The Labute approximate surface area is 106 Å². The number of nitriles is 1. The van der Waals surface area contributed by atoms with E-state index in [0.29, 0.717) is 19.6 Å². The maximum absolute atomic E-state index is 9.05. The quantitative estimate of drug-likeness (QED) is 0.815. The Morgan fingerprint density at radius 2 is 2.17 bits per heavy atom. The maximum atomic E-state index is 9.05. The molecular formula is C14H15NO3. The summed E-state index contributed by atoms with van der Waals surface area (Å²) < 4.78 is 16.9. The van der Waals surface area contributed by atoms with E-state index in [1.54, 1.807) is 0 Å². The van der Waals surface area contributed by atoms with E-state index in [9.17, 15) is 0 Å². The molecule has 1 aromatic carbocycles. The van der Waals surface area contributed by atoms with Gasteiger partial charge in [0.1, 0.15) is 6.10 Å². The first kappa shape index (κ1) is 11.7. The Kier molecular flexibility index (Phi) is 3.28. The molecule has 2 heterocycles. The van der Waals surface area contributed by atoms with Gasteiger partial charge in [-0.15, -0.1) is 0 Å². The zero-order valence-corrected chi connectivity index (χ0v) is 9.99. The predicted octanol–water partition coefficient (Wildman–Crippen LogP) is 1.86. The lowest BCUT2D eigenvalue weighted by Crippen LogP contribution is -2.39. The molecule has 2 aliphatic rings. The van der Waals surface area contributed by atoms with Gasteiger partial charge in [0.2, 0.25) is 0 Å². The molecule has 0 radical (unpaired) electrons. The van der Waals surface area contributed by atoms with Crippen molar-refractivity contribution in [3.05, 3.63) is 35.9 Å². The molecule has 0 amide bonds. The molecule has 0 saturated carbocycles. The van der Waals surface area contributed by atoms with Crippen LogP contribution in [0.25, 0.3) is 0 Å². The third-order valence-electron chi connectivity index (χ3n) is 3.44. The van der Waals surface area contributed by atoms with Crippen molar-refractivity contribution in [1.29, 1.82) is 5.26 Å². The topological polar surface area (TPSA) is 51.5 Å². The molecule has 1 aromatic rings. The average molecular weight is 245 g/mol. The van der Waals surface area contributed by atoms with Gasteiger partial charge in [0.25, 0.3) is 0 Å². The summed E-state index contributed by atoms with van der Waals surface area (Å²) in [6, 6.07) is 12.2. The van der Waals surface area contributed by atoms with Gasteiger partial charge in [0.05, 0.1) is 31.3 Å². The van der Waals surface area contributed by atoms with E-state index in [1.807, 2.05) is 30.3 Å². The van der Waals surface area contributed by atoms with Crippen LogP contribution in [-0.2, 0) is 20.8 Å². The summed E-state index contributed by atoms with van der Waals surface area (Å²) in [6.45, 7) is 1.08. The van der Waals surface area contributed by atoms with Crippen LogP contribution in [0.2, 0.25) is 0 Å². The van der Waals surface area contributed by atoms with Crippen LogP contribution in [0.1, 0.15) is 12.0 Å². The van der Waals surface area contributed by atoms with Gasteiger partial charge < -0.3 is 14.2 Å². The first-order valence-corrected chi connectivity index (χ1v) is 6.19. The second kappa shape index (κ2) is 5.07. The van der Waals surface area contributed by atoms with E-state index in [4.69, 9.17) is 19.5 Å². The maximum Gasteiger partial charge on any atom is 0.174 e. The van der Waals surface area contributed by atoms with Crippen LogP contribution in [0.3, 0.4) is 0 Å². The largest absolute Gasteiger partial charge is 0.371 e. The lowest BCUT2D eigenvalue weighted by Gasteiger charge is -2.30. The molecule has 0 N–H and O–H groups in total.